The number of nitrogens with zero attached hydrogens (tertiary/aromatic N) is 2. The number of H-pyrrole nitrogens is 1. The zero-order valence-electron chi connectivity index (χ0n) is 16.7. The summed E-state index contributed by atoms with van der Waals surface area (Å²) in [5, 5.41) is 20.4. The smallest absolute Gasteiger partial charge is 0.161 e. The number of aliphatic hydroxyl groups excluding tert-OH is 1. The van der Waals surface area contributed by atoms with Gasteiger partial charge in [0, 0.05) is 25.3 Å². The lowest BCUT2D eigenvalue weighted by Crippen LogP contribution is -2.37. The van der Waals surface area contributed by atoms with Crippen LogP contribution in [0.1, 0.15) is 25.0 Å². The second-order valence-corrected chi connectivity index (χ2v) is 7.02. The quantitative estimate of drug-likeness (QED) is 0.490. The van der Waals surface area contributed by atoms with E-state index in [2.05, 4.69) is 34.3 Å². The highest BCUT2D eigenvalue weighted by Crippen LogP contribution is 2.28. The van der Waals surface area contributed by atoms with Crippen molar-refractivity contribution < 1.29 is 14.6 Å². The Balaban J connectivity index is 1.84. The monoisotopic (exact) mass is 376 g/mol. The van der Waals surface area contributed by atoms with Crippen molar-refractivity contribution in [3.05, 3.63) is 41.7 Å². The van der Waals surface area contributed by atoms with Crippen molar-refractivity contribution >= 4 is 0 Å². The van der Waals surface area contributed by atoms with Gasteiger partial charge in [0.25, 0.3) is 0 Å². The van der Waals surface area contributed by atoms with Gasteiger partial charge < -0.3 is 24.8 Å². The third-order valence-corrected chi connectivity index (χ3v) is 4.51. The Hall–Kier alpha value is -2.09. The summed E-state index contributed by atoms with van der Waals surface area (Å²) in [5.74, 6) is 1.32. The molecule has 2 rings (SSSR count). The molecule has 1 atom stereocenters. The van der Waals surface area contributed by atoms with E-state index in [-0.39, 0.29) is 6.61 Å². The van der Waals surface area contributed by atoms with Gasteiger partial charge in [0.05, 0.1) is 13.3 Å². The number of likely N-dealkylation sites (N-methyl/N-ethyl adjacent to an activating group) is 1. The minimum atomic E-state index is -0.557. The van der Waals surface area contributed by atoms with Gasteiger partial charge in [-0.25, -0.2) is 0 Å². The number of aromatic amines is 1. The molecule has 0 amide bonds. The number of benzene rings is 1. The average molecular weight is 377 g/mol. The number of ether oxygens (including phenoxy) is 2. The fourth-order valence-electron chi connectivity index (χ4n) is 2.61. The number of methoxy groups -OCH3 is 1. The second-order valence-electron chi connectivity index (χ2n) is 7.02. The van der Waals surface area contributed by atoms with Crippen LogP contribution >= 0.6 is 0 Å². The summed E-state index contributed by atoms with van der Waals surface area (Å²) in [7, 11) is 3.61. The van der Waals surface area contributed by atoms with E-state index in [4.69, 9.17) is 9.47 Å². The fraction of sp³-hybridized carbons (Fsp3) is 0.550. The second kappa shape index (κ2) is 10.9. The summed E-state index contributed by atoms with van der Waals surface area (Å²) in [6.07, 6.45) is 4.11. The summed E-state index contributed by atoms with van der Waals surface area (Å²) < 4.78 is 11.2. The van der Waals surface area contributed by atoms with E-state index in [1.165, 1.54) is 5.56 Å². The maximum absolute atomic E-state index is 10.2. The molecule has 1 aromatic carbocycles. The molecule has 0 aliphatic carbocycles. The van der Waals surface area contributed by atoms with Crippen molar-refractivity contribution in [2.75, 3.05) is 33.9 Å². The Labute approximate surface area is 161 Å². The number of nitrogens with one attached hydrogen (secondary N) is 2. The van der Waals surface area contributed by atoms with E-state index in [0.29, 0.717) is 24.1 Å². The van der Waals surface area contributed by atoms with Crippen LogP contribution in [-0.2, 0) is 13.0 Å². The molecule has 2 aromatic rings. The lowest BCUT2D eigenvalue weighted by Gasteiger charge is -2.24. The topological polar surface area (TPSA) is 82.6 Å². The Morgan fingerprint density at radius 2 is 2.07 bits per heavy atom. The van der Waals surface area contributed by atoms with Gasteiger partial charge in [-0.1, -0.05) is 6.07 Å². The van der Waals surface area contributed by atoms with Gasteiger partial charge in [-0.15, -0.1) is 0 Å². The van der Waals surface area contributed by atoms with Gasteiger partial charge >= 0.3 is 0 Å². The summed E-state index contributed by atoms with van der Waals surface area (Å²) in [6.45, 7) is 6.58. The van der Waals surface area contributed by atoms with Crippen molar-refractivity contribution in [1.82, 2.24) is 20.4 Å². The highest BCUT2D eigenvalue weighted by molar-refractivity contribution is 5.43. The summed E-state index contributed by atoms with van der Waals surface area (Å²) in [6, 6.07) is 6.25. The SMILES string of the molecule is COc1ccc(CNCCc2cn[nH]c2)cc1OCC(O)CN(C)C(C)C. The molecule has 150 valence electrons. The van der Waals surface area contributed by atoms with Crippen molar-refractivity contribution in [3.63, 3.8) is 0 Å². The minimum Gasteiger partial charge on any atom is -0.493 e. The zero-order chi connectivity index (χ0) is 19.6. The summed E-state index contributed by atoms with van der Waals surface area (Å²) >= 11 is 0. The molecule has 7 nitrogen and oxygen atoms in total. The zero-order valence-corrected chi connectivity index (χ0v) is 16.7. The summed E-state index contributed by atoms with van der Waals surface area (Å²) in [4.78, 5) is 2.09. The molecule has 0 fully saturated rings. The average Bonchev–Trinajstić information content (AvgIpc) is 3.17. The van der Waals surface area contributed by atoms with Gasteiger partial charge in [0.2, 0.25) is 0 Å². The molecule has 1 aromatic heterocycles. The highest BCUT2D eigenvalue weighted by atomic mass is 16.5. The number of aromatic nitrogens is 2. The molecule has 0 spiro atoms. The van der Waals surface area contributed by atoms with Crippen molar-refractivity contribution in [2.45, 2.75) is 39.0 Å². The Morgan fingerprint density at radius 3 is 2.74 bits per heavy atom. The van der Waals surface area contributed by atoms with Crippen LogP contribution in [0.25, 0.3) is 0 Å². The van der Waals surface area contributed by atoms with Crippen LogP contribution < -0.4 is 14.8 Å². The molecule has 0 aliphatic rings. The predicted molar refractivity (Wildman–Crippen MR) is 106 cm³/mol. The van der Waals surface area contributed by atoms with E-state index in [1.807, 2.05) is 37.6 Å². The first kappa shape index (κ1) is 21.2. The highest BCUT2D eigenvalue weighted by Gasteiger charge is 2.13. The molecule has 1 heterocycles. The molecular formula is C20H32N4O3. The molecule has 0 saturated carbocycles. The van der Waals surface area contributed by atoms with Crippen LogP contribution in [0.3, 0.4) is 0 Å². The molecule has 7 heteroatoms. The molecule has 0 saturated heterocycles. The van der Waals surface area contributed by atoms with Crippen LogP contribution in [0.5, 0.6) is 11.5 Å². The first-order chi connectivity index (χ1) is 13.0. The number of hydrogen-bond acceptors (Lipinski definition) is 6. The van der Waals surface area contributed by atoms with E-state index in [1.54, 1.807) is 7.11 Å². The number of aliphatic hydroxyl groups is 1. The van der Waals surface area contributed by atoms with Crippen LogP contribution in [0, 0.1) is 0 Å². The largest absolute Gasteiger partial charge is 0.493 e. The van der Waals surface area contributed by atoms with Crippen LogP contribution in [0.2, 0.25) is 0 Å². The first-order valence-corrected chi connectivity index (χ1v) is 9.36. The Morgan fingerprint density at radius 1 is 1.26 bits per heavy atom. The van der Waals surface area contributed by atoms with Gasteiger partial charge in [0.15, 0.2) is 11.5 Å². The van der Waals surface area contributed by atoms with Crippen LogP contribution in [0.4, 0.5) is 0 Å². The van der Waals surface area contributed by atoms with Crippen molar-refractivity contribution in [3.8, 4) is 11.5 Å². The standard InChI is InChI=1S/C20H32N4O3/c1-15(2)24(3)13-18(25)14-27-20-9-16(5-6-19(20)26-4)10-21-8-7-17-11-22-23-12-17/h5-6,9,11-12,15,18,21,25H,7-8,10,13-14H2,1-4H3,(H,22,23). The van der Waals surface area contributed by atoms with E-state index in [0.717, 1.165) is 25.1 Å². The maximum Gasteiger partial charge on any atom is 0.161 e. The van der Waals surface area contributed by atoms with Gasteiger partial charge in [0.1, 0.15) is 12.7 Å². The normalized spacial score (nSPS) is 12.6. The summed E-state index contributed by atoms with van der Waals surface area (Å²) in [5.41, 5.74) is 2.29. The number of hydrogen-bond donors (Lipinski definition) is 3. The lowest BCUT2D eigenvalue weighted by atomic mass is 10.2. The van der Waals surface area contributed by atoms with E-state index < -0.39 is 6.10 Å². The molecule has 0 bridgehead atoms. The third-order valence-electron chi connectivity index (χ3n) is 4.51. The molecule has 3 N–H and O–H groups in total. The maximum atomic E-state index is 10.2. The Kier molecular flexibility index (Phi) is 8.57. The Bertz CT molecular complexity index is 661. The number of rotatable bonds is 12. The van der Waals surface area contributed by atoms with E-state index in [9.17, 15) is 5.11 Å². The predicted octanol–water partition coefficient (Wildman–Crippen LogP) is 1.83. The fourth-order valence-corrected chi connectivity index (χ4v) is 2.61. The van der Waals surface area contributed by atoms with Gasteiger partial charge in [-0.2, -0.15) is 5.10 Å². The minimum absolute atomic E-state index is 0.227. The molecule has 1 unspecified atom stereocenters. The molecular weight excluding hydrogens is 344 g/mol. The first-order valence-electron chi connectivity index (χ1n) is 9.36. The van der Waals surface area contributed by atoms with Gasteiger partial charge in [-0.05, 0) is 57.1 Å². The third kappa shape index (κ3) is 7.21. The van der Waals surface area contributed by atoms with Gasteiger partial charge in [-0.3, -0.25) is 5.10 Å². The lowest BCUT2D eigenvalue weighted by molar-refractivity contribution is 0.0668. The van der Waals surface area contributed by atoms with Crippen LogP contribution in [-0.4, -0.2) is 66.2 Å². The molecule has 0 aliphatic heterocycles. The van der Waals surface area contributed by atoms with Crippen molar-refractivity contribution in [2.24, 2.45) is 0 Å². The molecule has 27 heavy (non-hydrogen) atoms. The molecule has 0 radical (unpaired) electrons. The van der Waals surface area contributed by atoms with E-state index >= 15 is 0 Å². The van der Waals surface area contributed by atoms with Crippen molar-refractivity contribution in [1.29, 1.82) is 0 Å². The van der Waals surface area contributed by atoms with Crippen LogP contribution in [0.15, 0.2) is 30.6 Å².